The first-order valence-electron chi connectivity index (χ1n) is 8.54. The third-order valence-corrected chi connectivity index (χ3v) is 4.06. The normalized spacial score (nSPS) is 11.3. The number of carbonyl (C=O) groups excluding carboxylic acids is 2. The minimum atomic E-state index is -4.66. The SMILES string of the molecule is CCCN(CCC)C(=O)CCN(C(C)=O)c1ccc(Cl)cc1C(F)(F)F. The monoisotopic (exact) mass is 392 g/mol. The summed E-state index contributed by atoms with van der Waals surface area (Å²) in [5.74, 6) is -0.745. The van der Waals surface area contributed by atoms with Gasteiger partial charge in [-0.1, -0.05) is 25.4 Å². The van der Waals surface area contributed by atoms with E-state index in [0.717, 1.165) is 29.9 Å². The molecular formula is C18H24ClF3N2O2. The van der Waals surface area contributed by atoms with Crippen molar-refractivity contribution in [3.8, 4) is 0 Å². The van der Waals surface area contributed by atoms with Gasteiger partial charge >= 0.3 is 6.18 Å². The summed E-state index contributed by atoms with van der Waals surface area (Å²) in [6.07, 6.45) is -3.12. The molecule has 0 N–H and O–H groups in total. The molecule has 0 saturated carbocycles. The summed E-state index contributed by atoms with van der Waals surface area (Å²) in [6, 6.07) is 3.24. The molecule has 4 nitrogen and oxygen atoms in total. The zero-order valence-electron chi connectivity index (χ0n) is 15.2. The fourth-order valence-corrected chi connectivity index (χ4v) is 2.86. The van der Waals surface area contributed by atoms with Crippen LogP contribution in [0, 0.1) is 0 Å². The van der Waals surface area contributed by atoms with Crippen LogP contribution in [0.2, 0.25) is 5.02 Å². The van der Waals surface area contributed by atoms with Crippen molar-refractivity contribution in [2.24, 2.45) is 0 Å². The van der Waals surface area contributed by atoms with Gasteiger partial charge in [0, 0.05) is 38.0 Å². The van der Waals surface area contributed by atoms with Crippen molar-refractivity contribution >= 4 is 29.1 Å². The van der Waals surface area contributed by atoms with E-state index in [9.17, 15) is 22.8 Å². The number of benzene rings is 1. The molecule has 0 spiro atoms. The molecular weight excluding hydrogens is 369 g/mol. The summed E-state index contributed by atoms with van der Waals surface area (Å²) in [7, 11) is 0. The molecule has 0 fully saturated rings. The van der Waals surface area contributed by atoms with Crippen molar-refractivity contribution in [1.29, 1.82) is 0 Å². The lowest BCUT2D eigenvalue weighted by Crippen LogP contribution is -2.37. The minimum Gasteiger partial charge on any atom is -0.343 e. The second-order valence-corrected chi connectivity index (χ2v) is 6.40. The van der Waals surface area contributed by atoms with Crippen LogP contribution >= 0.6 is 11.6 Å². The average molecular weight is 393 g/mol. The maximum absolute atomic E-state index is 13.3. The van der Waals surface area contributed by atoms with E-state index in [0.29, 0.717) is 13.1 Å². The first-order chi connectivity index (χ1) is 12.1. The van der Waals surface area contributed by atoms with Crippen LogP contribution in [0.5, 0.6) is 0 Å². The molecule has 0 aromatic heterocycles. The fraction of sp³-hybridized carbons (Fsp3) is 0.556. The lowest BCUT2D eigenvalue weighted by atomic mass is 10.1. The number of halogens is 4. The van der Waals surface area contributed by atoms with Crippen molar-refractivity contribution in [1.82, 2.24) is 4.90 Å². The maximum atomic E-state index is 13.3. The third kappa shape index (κ3) is 6.20. The van der Waals surface area contributed by atoms with E-state index in [1.807, 2.05) is 13.8 Å². The van der Waals surface area contributed by atoms with E-state index in [4.69, 9.17) is 11.6 Å². The number of nitrogens with zero attached hydrogens (tertiary/aromatic N) is 2. The van der Waals surface area contributed by atoms with Gasteiger partial charge in [0.2, 0.25) is 11.8 Å². The van der Waals surface area contributed by atoms with E-state index >= 15 is 0 Å². The molecule has 0 aliphatic carbocycles. The van der Waals surface area contributed by atoms with E-state index in [-0.39, 0.29) is 29.6 Å². The highest BCUT2D eigenvalue weighted by Crippen LogP contribution is 2.38. The Balaban J connectivity index is 3.05. The second-order valence-electron chi connectivity index (χ2n) is 5.96. The van der Waals surface area contributed by atoms with Gasteiger partial charge in [0.1, 0.15) is 0 Å². The van der Waals surface area contributed by atoms with Gasteiger partial charge in [0.05, 0.1) is 11.3 Å². The molecule has 2 amide bonds. The van der Waals surface area contributed by atoms with Gasteiger partial charge < -0.3 is 9.80 Å². The van der Waals surface area contributed by atoms with Crippen LogP contribution in [0.3, 0.4) is 0 Å². The number of rotatable bonds is 8. The predicted molar refractivity (Wildman–Crippen MR) is 96.3 cm³/mol. The number of hydrogen-bond acceptors (Lipinski definition) is 2. The average Bonchev–Trinajstić information content (AvgIpc) is 2.54. The van der Waals surface area contributed by atoms with Crippen LogP contribution in [-0.2, 0) is 15.8 Å². The summed E-state index contributed by atoms with van der Waals surface area (Å²) >= 11 is 5.68. The number of alkyl halides is 3. The summed E-state index contributed by atoms with van der Waals surface area (Å²) in [5, 5.41) is -0.0716. The molecule has 0 radical (unpaired) electrons. The largest absolute Gasteiger partial charge is 0.418 e. The molecule has 1 aromatic rings. The van der Waals surface area contributed by atoms with Crippen LogP contribution in [0.25, 0.3) is 0 Å². The Bertz CT molecular complexity index is 629. The summed E-state index contributed by atoms with van der Waals surface area (Å²) in [6.45, 7) is 6.11. The first kappa shape index (κ1) is 22.3. The van der Waals surface area contributed by atoms with Crippen LogP contribution in [0.1, 0.15) is 45.6 Å². The quantitative estimate of drug-likeness (QED) is 0.640. The van der Waals surface area contributed by atoms with Gasteiger partial charge in [-0.05, 0) is 31.0 Å². The smallest absolute Gasteiger partial charge is 0.343 e. The first-order valence-corrected chi connectivity index (χ1v) is 8.92. The molecule has 0 saturated heterocycles. The van der Waals surface area contributed by atoms with Crippen molar-refractivity contribution in [2.45, 2.75) is 46.2 Å². The standard InChI is InChI=1S/C18H24ClF3N2O2/c1-4-9-23(10-5-2)17(26)8-11-24(13(3)25)16-7-6-14(19)12-15(16)18(20,21)22/h6-7,12H,4-5,8-11H2,1-3H3. The highest BCUT2D eigenvalue weighted by molar-refractivity contribution is 6.30. The molecule has 0 atom stereocenters. The Kier molecular flexibility index (Phi) is 8.40. The molecule has 0 heterocycles. The lowest BCUT2D eigenvalue weighted by molar-refractivity contribution is -0.137. The summed E-state index contributed by atoms with van der Waals surface area (Å²) in [4.78, 5) is 27.0. The van der Waals surface area contributed by atoms with Crippen LogP contribution in [-0.4, -0.2) is 36.3 Å². The van der Waals surface area contributed by atoms with Gasteiger partial charge in [-0.15, -0.1) is 0 Å². The highest BCUT2D eigenvalue weighted by atomic mass is 35.5. The predicted octanol–water partition coefficient (Wildman–Crippen LogP) is 4.75. The number of carbonyl (C=O) groups is 2. The zero-order chi connectivity index (χ0) is 19.9. The van der Waals surface area contributed by atoms with Crippen molar-refractivity contribution in [3.63, 3.8) is 0 Å². The molecule has 0 aliphatic heterocycles. The van der Waals surface area contributed by atoms with Crippen LogP contribution in [0.15, 0.2) is 18.2 Å². The van der Waals surface area contributed by atoms with Crippen molar-refractivity contribution < 1.29 is 22.8 Å². The Labute approximate surface area is 156 Å². The van der Waals surface area contributed by atoms with Gasteiger partial charge in [-0.3, -0.25) is 9.59 Å². The summed E-state index contributed by atoms with van der Waals surface area (Å²) < 4.78 is 39.9. The zero-order valence-corrected chi connectivity index (χ0v) is 16.0. The van der Waals surface area contributed by atoms with Gasteiger partial charge in [0.15, 0.2) is 0 Å². The molecule has 0 bridgehead atoms. The van der Waals surface area contributed by atoms with E-state index in [1.54, 1.807) is 4.90 Å². The van der Waals surface area contributed by atoms with Crippen molar-refractivity contribution in [3.05, 3.63) is 28.8 Å². The topological polar surface area (TPSA) is 40.6 Å². The van der Waals surface area contributed by atoms with Crippen LogP contribution < -0.4 is 4.90 Å². The maximum Gasteiger partial charge on any atom is 0.418 e. The fourth-order valence-electron chi connectivity index (χ4n) is 2.68. The highest BCUT2D eigenvalue weighted by Gasteiger charge is 2.36. The molecule has 0 unspecified atom stereocenters. The number of hydrogen-bond donors (Lipinski definition) is 0. The molecule has 8 heteroatoms. The van der Waals surface area contributed by atoms with E-state index in [2.05, 4.69) is 0 Å². The molecule has 1 aromatic carbocycles. The molecule has 26 heavy (non-hydrogen) atoms. The lowest BCUT2D eigenvalue weighted by Gasteiger charge is -2.27. The van der Waals surface area contributed by atoms with E-state index in [1.165, 1.54) is 13.0 Å². The second kappa shape index (κ2) is 9.80. The summed E-state index contributed by atoms with van der Waals surface area (Å²) in [5.41, 5.74) is -1.29. The molecule has 1 rings (SSSR count). The molecule has 0 aliphatic rings. The Morgan fingerprint density at radius 2 is 1.65 bits per heavy atom. The van der Waals surface area contributed by atoms with Gasteiger partial charge in [-0.25, -0.2) is 0 Å². The Morgan fingerprint density at radius 1 is 1.08 bits per heavy atom. The molecule has 146 valence electrons. The van der Waals surface area contributed by atoms with Crippen molar-refractivity contribution in [2.75, 3.05) is 24.5 Å². The Morgan fingerprint density at radius 3 is 2.12 bits per heavy atom. The Hall–Kier alpha value is -1.76. The van der Waals surface area contributed by atoms with Gasteiger partial charge in [-0.2, -0.15) is 13.2 Å². The van der Waals surface area contributed by atoms with E-state index < -0.39 is 17.6 Å². The number of anilines is 1. The minimum absolute atomic E-state index is 0.0422. The third-order valence-electron chi connectivity index (χ3n) is 3.82. The van der Waals surface area contributed by atoms with Crippen LogP contribution in [0.4, 0.5) is 18.9 Å². The number of amides is 2. The van der Waals surface area contributed by atoms with Gasteiger partial charge in [0.25, 0.3) is 0 Å².